The molecule has 0 radical (unpaired) electrons. The van der Waals surface area contributed by atoms with Crippen LogP contribution >= 0.6 is 0 Å². The summed E-state index contributed by atoms with van der Waals surface area (Å²) in [6.45, 7) is 3.15. The van der Waals surface area contributed by atoms with E-state index in [-0.39, 0.29) is 18.6 Å². The van der Waals surface area contributed by atoms with Gasteiger partial charge in [0.2, 0.25) is 5.91 Å². The molecular weight excluding hydrogens is 301 g/mol. The third-order valence-corrected chi connectivity index (χ3v) is 3.98. The predicted octanol–water partition coefficient (Wildman–Crippen LogP) is 1.36. The maximum atomic E-state index is 12.3. The average molecular weight is 324 g/mol. The lowest BCUT2D eigenvalue weighted by molar-refractivity contribution is -0.175. The van der Waals surface area contributed by atoms with Crippen molar-refractivity contribution in [2.75, 3.05) is 6.61 Å². The van der Waals surface area contributed by atoms with Crippen LogP contribution in [0.15, 0.2) is 0 Å². The van der Waals surface area contributed by atoms with Crippen molar-refractivity contribution >= 4 is 11.8 Å². The van der Waals surface area contributed by atoms with Crippen molar-refractivity contribution in [3.63, 3.8) is 0 Å². The highest BCUT2D eigenvalue weighted by molar-refractivity contribution is 5.90. The maximum absolute atomic E-state index is 12.3. The quantitative estimate of drug-likeness (QED) is 0.690. The van der Waals surface area contributed by atoms with E-state index in [1.807, 2.05) is 0 Å². The molecule has 2 amide bonds. The van der Waals surface area contributed by atoms with Crippen LogP contribution in [0.5, 0.6) is 0 Å². The van der Waals surface area contributed by atoms with E-state index < -0.39 is 30.0 Å². The molecule has 1 aliphatic rings. The van der Waals surface area contributed by atoms with E-state index in [2.05, 4.69) is 5.32 Å². The molecule has 0 bridgehead atoms. The highest BCUT2D eigenvalue weighted by atomic mass is 19.4. The molecule has 0 aromatic heterocycles. The number of carbonyl (C=O) groups is 2. The summed E-state index contributed by atoms with van der Waals surface area (Å²) in [5, 5.41) is 13.5. The monoisotopic (exact) mass is 324 g/mol. The Morgan fingerprint density at radius 1 is 1.27 bits per heavy atom. The summed E-state index contributed by atoms with van der Waals surface area (Å²) in [4.78, 5) is 23.2. The second kappa shape index (κ2) is 7.80. The molecule has 0 aromatic carbocycles. The van der Waals surface area contributed by atoms with Gasteiger partial charge in [-0.2, -0.15) is 13.2 Å². The van der Waals surface area contributed by atoms with E-state index in [4.69, 9.17) is 5.11 Å². The Morgan fingerprint density at radius 3 is 2.41 bits per heavy atom. The Kier molecular flexibility index (Phi) is 6.65. The molecule has 1 fully saturated rings. The number of aliphatic hydroxyl groups excluding tert-OH is 1. The van der Waals surface area contributed by atoms with Crippen LogP contribution in [-0.2, 0) is 9.59 Å². The van der Waals surface area contributed by atoms with Gasteiger partial charge in [-0.15, -0.1) is 0 Å². The number of carbonyl (C=O) groups excluding carboxylic acids is 2. The van der Waals surface area contributed by atoms with Crippen molar-refractivity contribution in [1.29, 1.82) is 0 Å². The first-order valence-corrected chi connectivity index (χ1v) is 7.45. The molecule has 0 spiro atoms. The summed E-state index contributed by atoms with van der Waals surface area (Å²) < 4.78 is 37.0. The van der Waals surface area contributed by atoms with Gasteiger partial charge in [0.1, 0.15) is 6.04 Å². The van der Waals surface area contributed by atoms with Crippen LogP contribution in [0.1, 0.15) is 39.5 Å². The first kappa shape index (κ1) is 18.7. The van der Waals surface area contributed by atoms with E-state index >= 15 is 0 Å². The van der Waals surface area contributed by atoms with Gasteiger partial charge in [-0.1, -0.05) is 20.3 Å². The SMILES string of the molecule is CC(C)[C@H](NC(=O)C(F)(F)F)C(=O)N[C@@H]1CCC[C@H]1CCO. The van der Waals surface area contributed by atoms with Gasteiger partial charge in [-0.05, 0) is 31.1 Å². The molecule has 0 unspecified atom stereocenters. The third kappa shape index (κ3) is 5.15. The zero-order chi connectivity index (χ0) is 16.9. The molecule has 1 rings (SSSR count). The molecule has 3 N–H and O–H groups in total. The van der Waals surface area contributed by atoms with E-state index in [1.54, 1.807) is 19.2 Å². The van der Waals surface area contributed by atoms with Crippen molar-refractivity contribution in [3.8, 4) is 0 Å². The molecule has 22 heavy (non-hydrogen) atoms. The first-order valence-electron chi connectivity index (χ1n) is 7.45. The molecule has 3 atom stereocenters. The molecule has 128 valence electrons. The summed E-state index contributed by atoms with van der Waals surface area (Å²) in [6, 6.07) is -1.40. The highest BCUT2D eigenvalue weighted by Gasteiger charge is 2.42. The lowest BCUT2D eigenvalue weighted by Gasteiger charge is -2.26. The number of amides is 2. The van der Waals surface area contributed by atoms with Crippen molar-refractivity contribution in [3.05, 3.63) is 0 Å². The summed E-state index contributed by atoms with van der Waals surface area (Å²) in [7, 11) is 0. The maximum Gasteiger partial charge on any atom is 0.471 e. The van der Waals surface area contributed by atoms with Crippen LogP contribution < -0.4 is 10.6 Å². The average Bonchev–Trinajstić information content (AvgIpc) is 2.81. The zero-order valence-corrected chi connectivity index (χ0v) is 12.7. The van der Waals surface area contributed by atoms with Gasteiger partial charge in [-0.3, -0.25) is 9.59 Å². The summed E-state index contributed by atoms with van der Waals surface area (Å²) >= 11 is 0. The number of nitrogens with one attached hydrogen (secondary N) is 2. The topological polar surface area (TPSA) is 78.4 Å². The van der Waals surface area contributed by atoms with Crippen molar-refractivity contribution in [2.24, 2.45) is 11.8 Å². The van der Waals surface area contributed by atoms with Crippen LogP contribution in [0.25, 0.3) is 0 Å². The molecule has 1 aliphatic carbocycles. The molecule has 5 nitrogen and oxygen atoms in total. The number of aliphatic hydroxyl groups is 1. The summed E-state index contributed by atoms with van der Waals surface area (Å²) in [5.74, 6) is -3.06. The Morgan fingerprint density at radius 2 is 1.91 bits per heavy atom. The van der Waals surface area contributed by atoms with Crippen molar-refractivity contribution in [1.82, 2.24) is 10.6 Å². The van der Waals surface area contributed by atoms with Gasteiger partial charge in [0.05, 0.1) is 0 Å². The molecule has 1 saturated carbocycles. The van der Waals surface area contributed by atoms with Crippen LogP contribution in [0.3, 0.4) is 0 Å². The molecule has 0 saturated heterocycles. The van der Waals surface area contributed by atoms with Crippen LogP contribution in [0, 0.1) is 11.8 Å². The van der Waals surface area contributed by atoms with Crippen LogP contribution in [0.4, 0.5) is 13.2 Å². The largest absolute Gasteiger partial charge is 0.471 e. The Hall–Kier alpha value is -1.31. The summed E-state index contributed by atoms with van der Waals surface area (Å²) in [6.07, 6.45) is -1.97. The van der Waals surface area contributed by atoms with Crippen LogP contribution in [0.2, 0.25) is 0 Å². The number of hydrogen-bond donors (Lipinski definition) is 3. The Balaban J connectivity index is 2.67. The van der Waals surface area contributed by atoms with Gasteiger partial charge in [0, 0.05) is 12.6 Å². The standard InChI is InChI=1S/C14H23F3N2O3/c1-8(2)11(19-13(22)14(15,16)17)12(21)18-10-5-3-4-9(10)6-7-20/h8-11,20H,3-7H2,1-2H3,(H,18,21)(H,19,22)/t9-,10+,11-/m0/s1. The number of hydrogen-bond acceptors (Lipinski definition) is 3. The fourth-order valence-corrected chi connectivity index (χ4v) is 2.77. The van der Waals surface area contributed by atoms with E-state index in [0.717, 1.165) is 19.3 Å². The molecule has 0 heterocycles. The molecule has 0 aromatic rings. The van der Waals surface area contributed by atoms with Gasteiger partial charge >= 0.3 is 12.1 Å². The van der Waals surface area contributed by atoms with Gasteiger partial charge in [0.15, 0.2) is 0 Å². The minimum Gasteiger partial charge on any atom is -0.396 e. The van der Waals surface area contributed by atoms with Crippen molar-refractivity contribution in [2.45, 2.75) is 57.8 Å². The predicted molar refractivity (Wildman–Crippen MR) is 73.8 cm³/mol. The van der Waals surface area contributed by atoms with E-state index in [9.17, 15) is 22.8 Å². The van der Waals surface area contributed by atoms with E-state index in [1.165, 1.54) is 0 Å². The number of halogens is 3. The van der Waals surface area contributed by atoms with Crippen LogP contribution in [-0.4, -0.2) is 41.8 Å². The van der Waals surface area contributed by atoms with Crippen molar-refractivity contribution < 1.29 is 27.9 Å². The van der Waals surface area contributed by atoms with Gasteiger partial charge in [0.25, 0.3) is 0 Å². The zero-order valence-electron chi connectivity index (χ0n) is 12.7. The smallest absolute Gasteiger partial charge is 0.396 e. The fraction of sp³-hybridized carbons (Fsp3) is 0.857. The normalized spacial score (nSPS) is 23.4. The Bertz CT molecular complexity index is 399. The molecule has 0 aliphatic heterocycles. The highest BCUT2D eigenvalue weighted by Crippen LogP contribution is 2.28. The van der Waals surface area contributed by atoms with E-state index in [0.29, 0.717) is 6.42 Å². The minimum absolute atomic E-state index is 0.00938. The third-order valence-electron chi connectivity index (χ3n) is 3.98. The lowest BCUT2D eigenvalue weighted by atomic mass is 9.98. The second-order valence-corrected chi connectivity index (χ2v) is 6.01. The lowest BCUT2D eigenvalue weighted by Crippen LogP contribution is -2.55. The minimum atomic E-state index is -5.01. The first-order chi connectivity index (χ1) is 10.2. The number of alkyl halides is 3. The molecular formula is C14H23F3N2O3. The second-order valence-electron chi connectivity index (χ2n) is 6.01. The molecule has 8 heteroatoms. The summed E-state index contributed by atoms with van der Waals surface area (Å²) in [5.41, 5.74) is 0. The van der Waals surface area contributed by atoms with Gasteiger partial charge < -0.3 is 15.7 Å². The number of rotatable bonds is 6. The fourth-order valence-electron chi connectivity index (χ4n) is 2.77. The Labute approximate surface area is 127 Å². The van der Waals surface area contributed by atoms with Gasteiger partial charge in [-0.25, -0.2) is 0 Å².